The number of rotatable bonds is 1. The van der Waals surface area contributed by atoms with Gasteiger partial charge in [-0.25, -0.2) is 9.37 Å². The second-order valence-corrected chi connectivity index (χ2v) is 4.52. The minimum absolute atomic E-state index is 0.126. The smallest absolute Gasteiger partial charge is 0.150 e. The summed E-state index contributed by atoms with van der Waals surface area (Å²) in [5.41, 5.74) is 1.47. The molecule has 20 heavy (non-hydrogen) atoms. The summed E-state index contributed by atoms with van der Waals surface area (Å²) in [4.78, 5) is 7.59. The van der Waals surface area contributed by atoms with Crippen LogP contribution in [0, 0.1) is 11.9 Å². The highest BCUT2D eigenvalue weighted by Crippen LogP contribution is 2.32. The zero-order valence-corrected chi connectivity index (χ0v) is 10.2. The molecule has 97 valence electrons. The van der Waals surface area contributed by atoms with Crippen molar-refractivity contribution < 1.29 is 8.87 Å². The molecule has 0 bridgehead atoms. The van der Waals surface area contributed by atoms with Crippen molar-refractivity contribution in [3.63, 3.8) is 0 Å². The standard InChI is InChI=1S/C15H8F2N3/c16-12-7-9-5-6-18-15(9)19-14(12)11-8-20(17)13-4-2-1-3-10(11)13/h1-4,6-8H,(H,18,19). The highest BCUT2D eigenvalue weighted by Gasteiger charge is 2.16. The van der Waals surface area contributed by atoms with Crippen molar-refractivity contribution in [2.75, 3.05) is 0 Å². The molecule has 0 aliphatic heterocycles. The average Bonchev–Trinajstić information content (AvgIpc) is 3.03. The summed E-state index contributed by atoms with van der Waals surface area (Å²) in [5, 5.41) is 1.19. The molecule has 3 nitrogen and oxygen atoms in total. The number of H-pyrrole nitrogens is 1. The first kappa shape index (κ1) is 11.2. The van der Waals surface area contributed by atoms with Crippen LogP contribution in [0.15, 0.2) is 42.7 Å². The van der Waals surface area contributed by atoms with Crippen LogP contribution in [0.25, 0.3) is 33.2 Å². The normalized spacial score (nSPS) is 11.5. The predicted molar refractivity (Wildman–Crippen MR) is 72.3 cm³/mol. The Morgan fingerprint density at radius 2 is 2.10 bits per heavy atom. The number of nitrogens with zero attached hydrogens (tertiary/aromatic N) is 2. The number of benzene rings is 1. The summed E-state index contributed by atoms with van der Waals surface area (Å²) in [7, 11) is 0. The first-order chi connectivity index (χ1) is 9.74. The van der Waals surface area contributed by atoms with Gasteiger partial charge in [-0.15, -0.1) is 0 Å². The molecule has 1 aromatic carbocycles. The highest BCUT2D eigenvalue weighted by molar-refractivity contribution is 5.96. The predicted octanol–water partition coefficient (Wildman–Crippen LogP) is 3.86. The Hall–Kier alpha value is -2.69. The van der Waals surface area contributed by atoms with Gasteiger partial charge < -0.3 is 4.98 Å². The van der Waals surface area contributed by atoms with Gasteiger partial charge in [-0.1, -0.05) is 22.7 Å². The van der Waals surface area contributed by atoms with Crippen molar-refractivity contribution >= 4 is 21.9 Å². The molecule has 0 fully saturated rings. The van der Waals surface area contributed by atoms with E-state index in [9.17, 15) is 8.87 Å². The van der Waals surface area contributed by atoms with E-state index in [1.807, 2.05) is 0 Å². The van der Waals surface area contributed by atoms with Gasteiger partial charge in [-0.2, -0.15) is 4.79 Å². The number of nitrogens with one attached hydrogen (secondary N) is 1. The second kappa shape index (κ2) is 3.90. The maximum Gasteiger partial charge on any atom is 0.150 e. The van der Waals surface area contributed by atoms with Gasteiger partial charge >= 0.3 is 0 Å². The largest absolute Gasteiger partial charge is 0.345 e. The second-order valence-electron chi connectivity index (χ2n) is 4.52. The Morgan fingerprint density at radius 1 is 1.25 bits per heavy atom. The Labute approximate surface area is 112 Å². The average molecular weight is 268 g/mol. The van der Waals surface area contributed by atoms with Crippen LogP contribution in [0.5, 0.6) is 0 Å². The van der Waals surface area contributed by atoms with Gasteiger partial charge in [0.2, 0.25) is 0 Å². The Kier molecular flexibility index (Phi) is 2.18. The lowest BCUT2D eigenvalue weighted by molar-refractivity contribution is 0.388. The molecule has 1 radical (unpaired) electrons. The lowest BCUT2D eigenvalue weighted by atomic mass is 10.1. The van der Waals surface area contributed by atoms with Crippen LogP contribution in [-0.2, 0) is 0 Å². The quantitative estimate of drug-likeness (QED) is 0.559. The number of hydrogen-bond acceptors (Lipinski definition) is 1. The molecule has 5 heteroatoms. The van der Waals surface area contributed by atoms with E-state index in [1.54, 1.807) is 30.5 Å². The fourth-order valence-electron chi connectivity index (χ4n) is 2.41. The fourth-order valence-corrected chi connectivity index (χ4v) is 2.41. The Balaban J connectivity index is 2.08. The monoisotopic (exact) mass is 268 g/mol. The molecule has 3 aromatic heterocycles. The zero-order chi connectivity index (χ0) is 13.7. The SMILES string of the molecule is Fc1cc2[c]c[nH]c2nc1-c1cn(F)c2ccccc12. The first-order valence-corrected chi connectivity index (χ1v) is 6.06. The van der Waals surface area contributed by atoms with Gasteiger partial charge in [0.15, 0.2) is 0 Å². The van der Waals surface area contributed by atoms with E-state index >= 15 is 0 Å². The van der Waals surface area contributed by atoms with Crippen LogP contribution < -0.4 is 0 Å². The van der Waals surface area contributed by atoms with Crippen LogP contribution in [0.2, 0.25) is 0 Å². The molecular formula is C15H8F2N3. The number of fused-ring (bicyclic) bond motifs is 2. The molecule has 1 N–H and O–H groups in total. The van der Waals surface area contributed by atoms with E-state index in [4.69, 9.17) is 0 Å². The number of para-hydroxylation sites is 1. The molecule has 0 saturated heterocycles. The summed E-state index contributed by atoms with van der Waals surface area (Å²) < 4.78 is 28.0. The lowest BCUT2D eigenvalue weighted by Gasteiger charge is -2.01. The summed E-state index contributed by atoms with van der Waals surface area (Å²) in [5.74, 6) is -0.496. The number of hydrogen-bond donors (Lipinski definition) is 1. The number of aromatic nitrogens is 3. The van der Waals surface area contributed by atoms with Crippen LogP contribution >= 0.6 is 0 Å². The minimum Gasteiger partial charge on any atom is -0.345 e. The van der Waals surface area contributed by atoms with Crippen molar-refractivity contribution in [1.82, 2.24) is 14.8 Å². The van der Waals surface area contributed by atoms with Gasteiger partial charge in [0.05, 0.1) is 5.52 Å². The van der Waals surface area contributed by atoms with E-state index in [-0.39, 0.29) is 5.69 Å². The van der Waals surface area contributed by atoms with Gasteiger partial charge in [-0.3, -0.25) is 0 Å². The van der Waals surface area contributed by atoms with E-state index in [2.05, 4.69) is 16.0 Å². The van der Waals surface area contributed by atoms with E-state index < -0.39 is 5.82 Å². The number of pyridine rings is 1. The lowest BCUT2D eigenvalue weighted by Crippen LogP contribution is -1.89. The third kappa shape index (κ3) is 1.46. The summed E-state index contributed by atoms with van der Waals surface area (Å²) >= 11 is 0. The Morgan fingerprint density at radius 3 is 3.00 bits per heavy atom. The molecule has 0 unspecified atom stereocenters. The van der Waals surface area contributed by atoms with Gasteiger partial charge in [-0.05, 0) is 12.1 Å². The summed E-state index contributed by atoms with van der Waals surface area (Å²) in [6.07, 6.45) is 2.81. The Bertz CT molecular complexity index is 937. The molecule has 4 aromatic rings. The fraction of sp³-hybridized carbons (Fsp3) is 0. The third-order valence-electron chi connectivity index (χ3n) is 3.33. The zero-order valence-electron chi connectivity index (χ0n) is 10.2. The summed E-state index contributed by atoms with van der Waals surface area (Å²) in [6.45, 7) is 0. The van der Waals surface area contributed by atoms with E-state index in [1.165, 1.54) is 12.3 Å². The number of aromatic amines is 1. The van der Waals surface area contributed by atoms with Gasteiger partial charge in [0.25, 0.3) is 0 Å². The molecule has 0 spiro atoms. The molecule has 4 rings (SSSR count). The van der Waals surface area contributed by atoms with E-state index in [0.717, 1.165) is 0 Å². The van der Waals surface area contributed by atoms with Crippen LogP contribution in [0.3, 0.4) is 0 Å². The molecule has 0 aliphatic carbocycles. The third-order valence-corrected chi connectivity index (χ3v) is 3.33. The maximum atomic E-state index is 14.2. The highest BCUT2D eigenvalue weighted by atomic mass is 19.2. The van der Waals surface area contributed by atoms with Crippen molar-refractivity contribution in [2.24, 2.45) is 0 Å². The van der Waals surface area contributed by atoms with Crippen molar-refractivity contribution in [3.05, 3.63) is 54.6 Å². The van der Waals surface area contributed by atoms with Crippen LogP contribution in [0.4, 0.5) is 8.87 Å². The van der Waals surface area contributed by atoms with Crippen molar-refractivity contribution in [1.29, 1.82) is 0 Å². The maximum absolute atomic E-state index is 14.2. The van der Waals surface area contributed by atoms with Crippen LogP contribution in [0.1, 0.15) is 0 Å². The molecule has 0 atom stereocenters. The van der Waals surface area contributed by atoms with Crippen LogP contribution in [-0.4, -0.2) is 14.8 Å². The van der Waals surface area contributed by atoms with Crippen molar-refractivity contribution in [2.45, 2.75) is 0 Å². The molecule has 3 heterocycles. The minimum atomic E-state index is -0.496. The molecule has 0 aliphatic rings. The molecule has 0 saturated carbocycles. The topological polar surface area (TPSA) is 33.6 Å². The first-order valence-electron chi connectivity index (χ1n) is 6.06. The summed E-state index contributed by atoms with van der Waals surface area (Å²) in [6, 6.07) is 11.1. The van der Waals surface area contributed by atoms with E-state index in [0.29, 0.717) is 32.3 Å². The van der Waals surface area contributed by atoms with Gasteiger partial charge in [0, 0.05) is 34.8 Å². The van der Waals surface area contributed by atoms with Crippen molar-refractivity contribution in [3.8, 4) is 11.3 Å². The number of halogens is 2. The van der Waals surface area contributed by atoms with Gasteiger partial charge in [0.1, 0.15) is 17.2 Å². The molecule has 0 amide bonds. The molecular weight excluding hydrogens is 260 g/mol.